The van der Waals surface area contributed by atoms with Gasteiger partial charge in [-0.05, 0) is 6.92 Å². The molecule has 0 bridgehead atoms. The van der Waals surface area contributed by atoms with Crippen LogP contribution in [0.4, 0.5) is 11.4 Å². The summed E-state index contributed by atoms with van der Waals surface area (Å²) >= 11 is 0. The topological polar surface area (TPSA) is 105 Å². The van der Waals surface area contributed by atoms with E-state index in [9.17, 15) is 8.42 Å². The van der Waals surface area contributed by atoms with Crippen molar-refractivity contribution in [1.29, 1.82) is 0 Å². The fraction of sp³-hybridized carbons (Fsp3) is 0.143. The Kier molecular flexibility index (Phi) is 1.56. The van der Waals surface area contributed by atoms with Crippen LogP contribution in [-0.4, -0.2) is 8.42 Å². The maximum Gasteiger partial charge on any atom is 0.501 e. The van der Waals surface area contributed by atoms with E-state index in [2.05, 4.69) is 8.37 Å². The van der Waals surface area contributed by atoms with Gasteiger partial charge in [-0.1, -0.05) is 0 Å². The molecule has 1 aliphatic rings. The van der Waals surface area contributed by atoms with E-state index in [1.165, 1.54) is 6.07 Å². The molecule has 0 atom stereocenters. The second-order valence-electron chi connectivity index (χ2n) is 2.91. The Balaban J connectivity index is 2.70. The summed E-state index contributed by atoms with van der Waals surface area (Å²) in [7, 11) is -3.97. The molecule has 2 rings (SSSR count). The third-order valence-electron chi connectivity index (χ3n) is 1.94. The lowest BCUT2D eigenvalue weighted by atomic mass is 10.1. The van der Waals surface area contributed by atoms with E-state index in [0.29, 0.717) is 11.3 Å². The van der Waals surface area contributed by atoms with Crippen LogP contribution in [-0.2, 0) is 10.4 Å². The van der Waals surface area contributed by atoms with Crippen LogP contribution in [0.25, 0.3) is 0 Å². The number of fused-ring (bicyclic) bond motifs is 1. The molecule has 0 amide bonds. The van der Waals surface area contributed by atoms with Crippen molar-refractivity contribution in [2.75, 3.05) is 11.5 Å². The number of hydrogen-bond donors (Lipinski definition) is 2. The van der Waals surface area contributed by atoms with Crippen molar-refractivity contribution < 1.29 is 16.8 Å². The zero-order valence-electron chi connectivity index (χ0n) is 7.27. The van der Waals surface area contributed by atoms with Gasteiger partial charge in [0, 0.05) is 11.6 Å². The number of anilines is 2. The Hall–Kier alpha value is -1.63. The summed E-state index contributed by atoms with van der Waals surface area (Å²) < 4.78 is 31.0. The summed E-state index contributed by atoms with van der Waals surface area (Å²) in [4.78, 5) is 0. The molecule has 0 fully saturated rings. The van der Waals surface area contributed by atoms with Crippen LogP contribution < -0.4 is 19.8 Å². The highest BCUT2D eigenvalue weighted by atomic mass is 32.3. The summed E-state index contributed by atoms with van der Waals surface area (Å²) in [5.74, 6) is 0.186. The van der Waals surface area contributed by atoms with Crippen LogP contribution in [0.3, 0.4) is 0 Å². The molecule has 76 valence electrons. The van der Waals surface area contributed by atoms with Crippen LogP contribution in [0.2, 0.25) is 0 Å². The van der Waals surface area contributed by atoms with Crippen molar-refractivity contribution in [2.24, 2.45) is 0 Å². The lowest BCUT2D eigenvalue weighted by molar-refractivity contribution is 0.436. The van der Waals surface area contributed by atoms with Gasteiger partial charge in [0.1, 0.15) is 0 Å². The summed E-state index contributed by atoms with van der Waals surface area (Å²) in [6.45, 7) is 1.61. The Morgan fingerprint density at radius 3 is 2.57 bits per heavy atom. The predicted molar refractivity (Wildman–Crippen MR) is 50.2 cm³/mol. The Bertz CT molecular complexity index is 509. The highest BCUT2D eigenvalue weighted by Gasteiger charge is 2.31. The number of benzene rings is 1. The van der Waals surface area contributed by atoms with Gasteiger partial charge in [0.05, 0.1) is 11.4 Å². The average molecular weight is 216 g/mol. The highest BCUT2D eigenvalue weighted by molar-refractivity contribution is 7.82. The lowest BCUT2D eigenvalue weighted by Gasteiger charge is -2.05. The van der Waals surface area contributed by atoms with Gasteiger partial charge in [0.15, 0.2) is 11.5 Å². The molecule has 0 radical (unpaired) electrons. The largest absolute Gasteiger partial charge is 0.501 e. The van der Waals surface area contributed by atoms with E-state index >= 15 is 0 Å². The molecule has 1 aromatic carbocycles. The highest BCUT2D eigenvalue weighted by Crippen LogP contribution is 2.43. The van der Waals surface area contributed by atoms with Gasteiger partial charge < -0.3 is 19.8 Å². The third-order valence-corrected chi connectivity index (χ3v) is 2.70. The second kappa shape index (κ2) is 2.44. The van der Waals surface area contributed by atoms with Crippen molar-refractivity contribution in [3.05, 3.63) is 11.6 Å². The van der Waals surface area contributed by atoms with E-state index < -0.39 is 10.4 Å². The van der Waals surface area contributed by atoms with E-state index in [4.69, 9.17) is 11.5 Å². The van der Waals surface area contributed by atoms with Gasteiger partial charge in [0.25, 0.3) is 0 Å². The maximum absolute atomic E-state index is 10.9. The van der Waals surface area contributed by atoms with E-state index in [1.54, 1.807) is 6.92 Å². The lowest BCUT2D eigenvalue weighted by Crippen LogP contribution is -2.08. The summed E-state index contributed by atoms with van der Waals surface area (Å²) in [6, 6.07) is 1.32. The summed E-state index contributed by atoms with van der Waals surface area (Å²) in [5, 5.41) is 0. The fourth-order valence-corrected chi connectivity index (χ4v) is 1.99. The van der Waals surface area contributed by atoms with Gasteiger partial charge in [-0.15, -0.1) is 8.42 Å². The van der Waals surface area contributed by atoms with Crippen molar-refractivity contribution >= 4 is 21.8 Å². The van der Waals surface area contributed by atoms with Crippen LogP contribution in [0.15, 0.2) is 6.07 Å². The summed E-state index contributed by atoms with van der Waals surface area (Å²) in [6.07, 6.45) is 0. The van der Waals surface area contributed by atoms with E-state index in [1.807, 2.05) is 0 Å². The minimum Gasteiger partial charge on any atom is -0.397 e. The molecule has 7 heteroatoms. The first-order chi connectivity index (χ1) is 6.41. The molecule has 1 aliphatic heterocycles. The number of hydrogen-bond acceptors (Lipinski definition) is 6. The monoisotopic (exact) mass is 216 g/mol. The van der Waals surface area contributed by atoms with Crippen LogP contribution in [0.5, 0.6) is 11.5 Å². The molecule has 1 heterocycles. The molecule has 0 saturated heterocycles. The molecular formula is C7H8N2O4S. The van der Waals surface area contributed by atoms with Crippen LogP contribution in [0, 0.1) is 6.92 Å². The van der Waals surface area contributed by atoms with Crippen LogP contribution in [0.1, 0.15) is 5.56 Å². The minimum absolute atomic E-state index is 0.0780. The molecule has 0 spiro atoms. The predicted octanol–water partition coefficient (Wildman–Crippen LogP) is 0.175. The van der Waals surface area contributed by atoms with Gasteiger partial charge in [-0.2, -0.15) is 0 Å². The molecule has 0 aromatic heterocycles. The van der Waals surface area contributed by atoms with Crippen molar-refractivity contribution in [2.45, 2.75) is 6.92 Å². The molecule has 1 aromatic rings. The van der Waals surface area contributed by atoms with Gasteiger partial charge in [0.2, 0.25) is 0 Å². The molecule has 4 N–H and O–H groups in total. The normalized spacial score (nSPS) is 16.9. The molecule has 0 aliphatic carbocycles. The maximum atomic E-state index is 10.9. The summed E-state index contributed by atoms with van der Waals surface area (Å²) in [5.41, 5.74) is 12.1. The van der Waals surface area contributed by atoms with Crippen molar-refractivity contribution in [3.63, 3.8) is 0 Å². The molecular weight excluding hydrogens is 208 g/mol. The quantitative estimate of drug-likeness (QED) is 0.599. The van der Waals surface area contributed by atoms with Gasteiger partial charge in [-0.3, -0.25) is 0 Å². The Morgan fingerprint density at radius 1 is 1.29 bits per heavy atom. The van der Waals surface area contributed by atoms with Crippen molar-refractivity contribution in [3.8, 4) is 11.5 Å². The van der Waals surface area contributed by atoms with Gasteiger partial charge >= 0.3 is 10.4 Å². The first-order valence-electron chi connectivity index (χ1n) is 3.73. The molecule has 0 saturated carbocycles. The van der Waals surface area contributed by atoms with Crippen molar-refractivity contribution in [1.82, 2.24) is 0 Å². The second-order valence-corrected chi connectivity index (χ2v) is 4.06. The zero-order valence-corrected chi connectivity index (χ0v) is 8.09. The molecule has 14 heavy (non-hydrogen) atoms. The molecule has 0 unspecified atom stereocenters. The number of nitrogens with two attached hydrogens (primary N) is 2. The number of rotatable bonds is 0. The standard InChI is InChI=1S/C7H8N2O4S/c1-3-6(9)4(8)2-5-7(3)13-14(10,11)12-5/h2H,8-9H2,1H3. The van der Waals surface area contributed by atoms with E-state index in [-0.39, 0.29) is 17.2 Å². The SMILES string of the molecule is Cc1c(N)c(N)cc2c1OS(=O)(=O)O2. The Labute approximate surface area is 80.7 Å². The third kappa shape index (κ3) is 1.13. The first kappa shape index (κ1) is 8.95. The number of nitrogen functional groups attached to an aromatic ring is 2. The van der Waals surface area contributed by atoms with E-state index in [0.717, 1.165) is 0 Å². The smallest absolute Gasteiger partial charge is 0.397 e. The van der Waals surface area contributed by atoms with Crippen LogP contribution >= 0.6 is 0 Å². The fourth-order valence-electron chi connectivity index (χ4n) is 1.20. The first-order valence-corrected chi connectivity index (χ1v) is 5.06. The Morgan fingerprint density at radius 2 is 1.93 bits per heavy atom. The van der Waals surface area contributed by atoms with Gasteiger partial charge in [-0.25, -0.2) is 0 Å². The molecule has 6 nitrogen and oxygen atoms in total. The zero-order chi connectivity index (χ0) is 10.5. The minimum atomic E-state index is -3.97. The average Bonchev–Trinajstić information content (AvgIpc) is 2.37.